The minimum absolute atomic E-state index is 0. The quantitative estimate of drug-likeness (QED) is 0.343. The van der Waals surface area contributed by atoms with E-state index in [0.717, 1.165) is 5.52 Å². The molecule has 4 aromatic heterocycles. The fourth-order valence-corrected chi connectivity index (χ4v) is 3.20. The summed E-state index contributed by atoms with van der Waals surface area (Å²) >= 11 is 0. The van der Waals surface area contributed by atoms with Gasteiger partial charge in [-0.2, -0.15) is 0 Å². The zero-order valence-corrected chi connectivity index (χ0v) is 16.6. The summed E-state index contributed by atoms with van der Waals surface area (Å²) in [6.45, 7) is 1.18. The Morgan fingerprint density at radius 3 is 2.93 bits per heavy atom. The molecular formula is C21H18ClN5O3. The average molecular weight is 424 g/mol. The Hall–Kier alpha value is -3.78. The summed E-state index contributed by atoms with van der Waals surface area (Å²) < 4.78 is 15.7. The average Bonchev–Trinajstić information content (AvgIpc) is 3.44. The minimum atomic E-state index is 0. The summed E-state index contributed by atoms with van der Waals surface area (Å²) in [5.74, 6) is 1.17. The van der Waals surface area contributed by atoms with Gasteiger partial charge in [-0.15, -0.1) is 12.4 Å². The predicted octanol–water partition coefficient (Wildman–Crippen LogP) is 3.73. The van der Waals surface area contributed by atoms with Crippen LogP contribution in [0.2, 0.25) is 0 Å². The maximum Gasteiger partial charge on any atom is 0.156 e. The van der Waals surface area contributed by atoms with Gasteiger partial charge in [0.15, 0.2) is 5.76 Å². The number of benzene rings is 1. The van der Waals surface area contributed by atoms with Crippen LogP contribution in [0.15, 0.2) is 83.3 Å². The molecule has 0 saturated heterocycles. The first-order chi connectivity index (χ1) is 14.3. The second-order valence-electron chi connectivity index (χ2n) is 6.52. The van der Waals surface area contributed by atoms with E-state index in [1.54, 1.807) is 36.9 Å². The summed E-state index contributed by atoms with van der Waals surface area (Å²) in [5.41, 5.74) is 2.20. The molecular weight excluding hydrogens is 406 g/mol. The smallest absolute Gasteiger partial charge is 0.156 e. The fraction of sp³-hybridized carbons (Fsp3) is 0.0952. The Morgan fingerprint density at radius 1 is 1.17 bits per heavy atom. The van der Waals surface area contributed by atoms with Gasteiger partial charge in [-0.25, -0.2) is 9.97 Å². The van der Waals surface area contributed by atoms with Crippen molar-refractivity contribution in [3.8, 4) is 17.2 Å². The molecule has 1 N–H and O–H groups in total. The van der Waals surface area contributed by atoms with E-state index < -0.39 is 0 Å². The van der Waals surface area contributed by atoms with Crippen molar-refractivity contribution in [2.24, 2.45) is 5.16 Å². The van der Waals surface area contributed by atoms with Gasteiger partial charge in [0.2, 0.25) is 0 Å². The number of halogens is 1. The lowest BCUT2D eigenvalue weighted by Gasteiger charge is -2.09. The lowest BCUT2D eigenvalue weighted by molar-refractivity contribution is 0.298. The molecule has 0 amide bonds. The van der Waals surface area contributed by atoms with Crippen molar-refractivity contribution >= 4 is 28.9 Å². The van der Waals surface area contributed by atoms with Crippen molar-refractivity contribution < 1.29 is 14.4 Å². The molecule has 0 fully saturated rings. The molecule has 30 heavy (non-hydrogen) atoms. The van der Waals surface area contributed by atoms with E-state index in [2.05, 4.69) is 15.1 Å². The molecule has 0 saturated carbocycles. The van der Waals surface area contributed by atoms with Gasteiger partial charge in [0.05, 0.1) is 30.0 Å². The highest BCUT2D eigenvalue weighted by molar-refractivity contribution is 5.85. The number of imidazole rings is 1. The Kier molecular flexibility index (Phi) is 5.40. The second-order valence-corrected chi connectivity index (χ2v) is 6.52. The third-order valence-electron chi connectivity index (χ3n) is 4.66. The standard InChI is InChI=1S/C21H17N5O3.ClH/c27-24-18-11-21(19-13-26-6-1-2-15(26)12-23-19)29-20-4-3-16(10-17(18)20)28-9-8-25-7-5-22-14-25;/h1-7,10-14,27H,8-9H2;1H/b24-18-;. The number of fused-ring (bicyclic) bond motifs is 2. The third-order valence-corrected chi connectivity index (χ3v) is 4.66. The number of hydrogen-bond acceptors (Lipinski definition) is 6. The molecule has 0 spiro atoms. The third kappa shape index (κ3) is 3.72. The molecule has 0 aliphatic rings. The van der Waals surface area contributed by atoms with E-state index in [1.807, 2.05) is 45.8 Å². The molecule has 0 aliphatic heterocycles. The number of hydrogen-bond donors (Lipinski definition) is 1. The fourth-order valence-electron chi connectivity index (χ4n) is 3.20. The van der Waals surface area contributed by atoms with Crippen LogP contribution < -0.4 is 10.1 Å². The maximum absolute atomic E-state index is 9.54. The highest BCUT2D eigenvalue weighted by Crippen LogP contribution is 2.24. The summed E-state index contributed by atoms with van der Waals surface area (Å²) in [4.78, 5) is 8.45. The summed E-state index contributed by atoms with van der Waals surface area (Å²) in [6, 6.07) is 11.0. The summed E-state index contributed by atoms with van der Waals surface area (Å²) in [7, 11) is 0. The van der Waals surface area contributed by atoms with Crippen molar-refractivity contribution in [1.29, 1.82) is 0 Å². The molecule has 1 aromatic carbocycles. The van der Waals surface area contributed by atoms with Crippen LogP contribution in [-0.2, 0) is 6.54 Å². The van der Waals surface area contributed by atoms with Crippen LogP contribution in [0.3, 0.4) is 0 Å². The molecule has 0 unspecified atom stereocenters. The maximum atomic E-state index is 9.54. The Morgan fingerprint density at radius 2 is 2.10 bits per heavy atom. The molecule has 8 nitrogen and oxygen atoms in total. The molecule has 0 atom stereocenters. The zero-order valence-electron chi connectivity index (χ0n) is 15.8. The Balaban J connectivity index is 0.00000218. The minimum Gasteiger partial charge on any atom is -0.492 e. The lowest BCUT2D eigenvalue weighted by atomic mass is 10.2. The van der Waals surface area contributed by atoms with E-state index in [4.69, 9.17) is 9.15 Å². The van der Waals surface area contributed by atoms with Gasteiger partial charge in [0.1, 0.15) is 29.0 Å². The predicted molar refractivity (Wildman–Crippen MR) is 113 cm³/mol. The van der Waals surface area contributed by atoms with Crippen molar-refractivity contribution in [3.05, 3.63) is 79.1 Å². The summed E-state index contributed by atoms with van der Waals surface area (Å²) in [6.07, 6.45) is 10.9. The molecule has 9 heteroatoms. The molecule has 4 heterocycles. The molecule has 0 radical (unpaired) electrons. The van der Waals surface area contributed by atoms with Crippen LogP contribution in [0.1, 0.15) is 0 Å². The van der Waals surface area contributed by atoms with Crippen molar-refractivity contribution in [2.45, 2.75) is 6.54 Å². The van der Waals surface area contributed by atoms with Gasteiger partial charge in [-0.1, -0.05) is 5.16 Å². The van der Waals surface area contributed by atoms with Crippen LogP contribution in [0.4, 0.5) is 0 Å². The van der Waals surface area contributed by atoms with Gasteiger partial charge < -0.3 is 23.3 Å². The van der Waals surface area contributed by atoms with Crippen LogP contribution >= 0.6 is 12.4 Å². The van der Waals surface area contributed by atoms with Gasteiger partial charge in [0.25, 0.3) is 0 Å². The molecule has 5 aromatic rings. The lowest BCUT2D eigenvalue weighted by Crippen LogP contribution is -2.08. The van der Waals surface area contributed by atoms with Gasteiger partial charge in [0, 0.05) is 30.9 Å². The number of rotatable bonds is 5. The van der Waals surface area contributed by atoms with Gasteiger partial charge in [-0.05, 0) is 30.3 Å². The number of aromatic nitrogens is 4. The van der Waals surface area contributed by atoms with Gasteiger partial charge >= 0.3 is 0 Å². The molecule has 5 rings (SSSR count). The molecule has 0 aliphatic carbocycles. The largest absolute Gasteiger partial charge is 0.492 e. The van der Waals surface area contributed by atoms with Crippen molar-refractivity contribution in [1.82, 2.24) is 18.9 Å². The first-order valence-electron chi connectivity index (χ1n) is 9.08. The Bertz CT molecular complexity index is 1360. The normalized spacial score (nSPS) is 11.7. The first kappa shape index (κ1) is 19.5. The second kappa shape index (κ2) is 8.30. The van der Waals surface area contributed by atoms with E-state index >= 15 is 0 Å². The van der Waals surface area contributed by atoms with Crippen LogP contribution in [-0.4, -0.2) is 30.7 Å². The zero-order chi connectivity index (χ0) is 19.6. The number of nitrogens with zero attached hydrogens (tertiary/aromatic N) is 5. The molecule has 152 valence electrons. The monoisotopic (exact) mass is 423 g/mol. The van der Waals surface area contributed by atoms with Gasteiger partial charge in [-0.3, -0.25) is 0 Å². The highest BCUT2D eigenvalue weighted by Gasteiger charge is 2.10. The van der Waals surface area contributed by atoms with Crippen LogP contribution in [0.25, 0.3) is 27.9 Å². The number of ether oxygens (including phenoxy) is 1. The van der Waals surface area contributed by atoms with E-state index in [1.165, 1.54) is 0 Å². The molecule has 0 bridgehead atoms. The van der Waals surface area contributed by atoms with Crippen molar-refractivity contribution in [3.63, 3.8) is 0 Å². The first-order valence-corrected chi connectivity index (χ1v) is 9.08. The van der Waals surface area contributed by atoms with E-state index in [-0.39, 0.29) is 12.4 Å². The van der Waals surface area contributed by atoms with Crippen LogP contribution in [0.5, 0.6) is 5.75 Å². The highest BCUT2D eigenvalue weighted by atomic mass is 35.5. The van der Waals surface area contributed by atoms with Crippen LogP contribution in [0, 0.1) is 0 Å². The Labute approximate surface area is 177 Å². The van der Waals surface area contributed by atoms with E-state index in [9.17, 15) is 5.21 Å². The van der Waals surface area contributed by atoms with Crippen molar-refractivity contribution in [2.75, 3.05) is 6.61 Å². The summed E-state index contributed by atoms with van der Waals surface area (Å²) in [5, 5.41) is 14.0. The topological polar surface area (TPSA) is 90.1 Å². The van der Waals surface area contributed by atoms with E-state index in [0.29, 0.717) is 46.7 Å². The SMILES string of the molecule is Cl.O/N=c1/cc(-c2cn3cccc3cn2)oc2ccc(OCCn3ccnc3)cc12.